The fourth-order valence-electron chi connectivity index (χ4n) is 5.09. The fraction of sp³-hybridized carbons (Fsp3) is 0.571. The van der Waals surface area contributed by atoms with Crippen molar-refractivity contribution in [1.29, 1.82) is 0 Å². The molecule has 2 heterocycles. The number of likely N-dealkylation sites (tertiary alicyclic amines) is 2. The molecule has 2 fully saturated rings. The Labute approximate surface area is 209 Å². The molecule has 2 aromatic rings. The number of β-amino-alcohol motifs (C(OH)–C–C–N with tert-alkyl or cyclic N) is 1. The van der Waals surface area contributed by atoms with Gasteiger partial charge in [-0.3, -0.25) is 9.80 Å². The van der Waals surface area contributed by atoms with Gasteiger partial charge in [0.25, 0.3) is 0 Å². The molecule has 0 spiro atoms. The van der Waals surface area contributed by atoms with Crippen molar-refractivity contribution >= 4 is 11.6 Å². The van der Waals surface area contributed by atoms with Crippen LogP contribution in [0.4, 0.5) is 0 Å². The summed E-state index contributed by atoms with van der Waals surface area (Å²) >= 11 is 6.27. The summed E-state index contributed by atoms with van der Waals surface area (Å²) < 4.78 is 12.0. The summed E-state index contributed by atoms with van der Waals surface area (Å²) in [7, 11) is 0. The molecule has 0 unspecified atom stereocenters. The lowest BCUT2D eigenvalue weighted by molar-refractivity contribution is -0.0621. The van der Waals surface area contributed by atoms with Crippen molar-refractivity contribution in [3.05, 3.63) is 58.1 Å². The summed E-state index contributed by atoms with van der Waals surface area (Å²) in [5.74, 6) is 1.69. The van der Waals surface area contributed by atoms with Crippen LogP contribution in [0, 0.1) is 13.8 Å². The number of rotatable bonds is 9. The highest BCUT2D eigenvalue weighted by Gasteiger charge is 2.34. The molecule has 1 atom stereocenters. The van der Waals surface area contributed by atoms with Gasteiger partial charge in [-0.25, -0.2) is 0 Å². The van der Waals surface area contributed by atoms with E-state index in [0.717, 1.165) is 66.7 Å². The molecule has 0 radical (unpaired) electrons. The molecule has 0 aromatic heterocycles. The topological polar surface area (TPSA) is 45.2 Å². The van der Waals surface area contributed by atoms with E-state index in [4.69, 9.17) is 21.1 Å². The van der Waals surface area contributed by atoms with Crippen LogP contribution in [0.3, 0.4) is 0 Å². The first kappa shape index (κ1) is 25.3. The molecule has 0 bridgehead atoms. The SMILES string of the molecule is Cc1cc(OC[C@]2(O)CCCN(Cc3ccc(OCCN4CCCCC4)cc3)C2)cc(C)c1Cl. The number of piperidine rings is 2. The molecule has 34 heavy (non-hydrogen) atoms. The molecule has 2 aliphatic heterocycles. The summed E-state index contributed by atoms with van der Waals surface area (Å²) in [6.07, 6.45) is 5.69. The Bertz CT molecular complexity index is 907. The number of halogens is 1. The van der Waals surface area contributed by atoms with Gasteiger partial charge in [0.2, 0.25) is 0 Å². The Hall–Kier alpha value is -1.79. The Morgan fingerprint density at radius 1 is 0.882 bits per heavy atom. The first-order chi connectivity index (χ1) is 16.4. The van der Waals surface area contributed by atoms with E-state index >= 15 is 0 Å². The van der Waals surface area contributed by atoms with E-state index in [1.165, 1.54) is 37.9 Å². The maximum atomic E-state index is 11.2. The average Bonchev–Trinajstić information content (AvgIpc) is 2.83. The van der Waals surface area contributed by atoms with Crippen molar-refractivity contribution in [2.24, 2.45) is 0 Å². The standard InChI is InChI=1S/C28H39ClN2O3/c1-22-17-26(18-23(2)27(22)29)34-21-28(32)11-6-14-31(20-28)19-24-7-9-25(10-8-24)33-16-15-30-12-4-3-5-13-30/h7-10,17-18,32H,3-6,11-16,19-21H2,1-2H3/t28-/m0/s1. The highest BCUT2D eigenvalue weighted by molar-refractivity contribution is 6.32. The van der Waals surface area contributed by atoms with Gasteiger partial charge >= 0.3 is 0 Å². The summed E-state index contributed by atoms with van der Waals surface area (Å²) in [6.45, 7) is 10.8. The highest BCUT2D eigenvalue weighted by atomic mass is 35.5. The van der Waals surface area contributed by atoms with Gasteiger partial charge in [-0.2, -0.15) is 0 Å². The van der Waals surface area contributed by atoms with Gasteiger partial charge in [-0.05, 0) is 100 Å². The molecule has 186 valence electrons. The molecule has 0 amide bonds. The predicted octanol–water partition coefficient (Wildman–Crippen LogP) is 5.23. The average molecular weight is 487 g/mol. The second-order valence-electron chi connectivity index (χ2n) is 10.1. The lowest BCUT2D eigenvalue weighted by atomic mass is 9.93. The lowest BCUT2D eigenvalue weighted by Crippen LogP contribution is -2.51. The molecule has 4 rings (SSSR count). The Morgan fingerprint density at radius 2 is 1.56 bits per heavy atom. The van der Waals surface area contributed by atoms with Gasteiger partial charge in [0.15, 0.2) is 0 Å². The largest absolute Gasteiger partial charge is 0.492 e. The quantitative estimate of drug-likeness (QED) is 0.526. The van der Waals surface area contributed by atoms with E-state index < -0.39 is 5.60 Å². The molecule has 6 heteroatoms. The third-order valence-corrected chi connectivity index (χ3v) is 7.60. The lowest BCUT2D eigenvalue weighted by Gasteiger charge is -2.39. The third kappa shape index (κ3) is 7.11. The van der Waals surface area contributed by atoms with Crippen LogP contribution in [0.2, 0.25) is 5.02 Å². The Balaban J connectivity index is 1.24. The summed E-state index contributed by atoms with van der Waals surface area (Å²) in [4.78, 5) is 4.81. The van der Waals surface area contributed by atoms with Crippen molar-refractivity contribution in [3.63, 3.8) is 0 Å². The molecule has 0 saturated carbocycles. The maximum absolute atomic E-state index is 11.2. The van der Waals surface area contributed by atoms with Gasteiger partial charge in [0.05, 0.1) is 0 Å². The van der Waals surface area contributed by atoms with Crippen LogP contribution in [0.5, 0.6) is 11.5 Å². The van der Waals surface area contributed by atoms with Crippen molar-refractivity contribution in [3.8, 4) is 11.5 Å². The smallest absolute Gasteiger partial charge is 0.120 e. The Morgan fingerprint density at radius 3 is 2.26 bits per heavy atom. The van der Waals surface area contributed by atoms with E-state index in [1.807, 2.05) is 26.0 Å². The number of nitrogens with zero attached hydrogens (tertiary/aromatic N) is 2. The molecule has 5 nitrogen and oxygen atoms in total. The number of hydrogen-bond acceptors (Lipinski definition) is 5. The number of aliphatic hydroxyl groups is 1. The van der Waals surface area contributed by atoms with Crippen LogP contribution < -0.4 is 9.47 Å². The zero-order valence-electron chi connectivity index (χ0n) is 20.7. The number of ether oxygens (including phenoxy) is 2. The van der Waals surface area contributed by atoms with Crippen LogP contribution in [-0.2, 0) is 6.54 Å². The number of hydrogen-bond donors (Lipinski definition) is 1. The van der Waals surface area contributed by atoms with Gasteiger partial charge < -0.3 is 14.6 Å². The third-order valence-electron chi connectivity index (χ3n) is 7.01. The van der Waals surface area contributed by atoms with Crippen molar-refractivity contribution in [1.82, 2.24) is 9.80 Å². The van der Waals surface area contributed by atoms with Crippen molar-refractivity contribution < 1.29 is 14.6 Å². The maximum Gasteiger partial charge on any atom is 0.120 e. The molecule has 2 aromatic carbocycles. The zero-order valence-corrected chi connectivity index (χ0v) is 21.4. The molecular weight excluding hydrogens is 448 g/mol. The summed E-state index contributed by atoms with van der Waals surface area (Å²) in [5, 5.41) is 12.0. The fourth-order valence-corrected chi connectivity index (χ4v) is 5.20. The normalized spacial score (nSPS) is 22.0. The zero-order chi connectivity index (χ0) is 24.0. The minimum atomic E-state index is -0.850. The van der Waals surface area contributed by atoms with Gasteiger partial charge in [-0.15, -0.1) is 0 Å². The highest BCUT2D eigenvalue weighted by Crippen LogP contribution is 2.28. The summed E-state index contributed by atoms with van der Waals surface area (Å²) in [6, 6.07) is 12.3. The van der Waals surface area contributed by atoms with Gasteiger partial charge in [-0.1, -0.05) is 30.2 Å². The number of aryl methyl sites for hydroxylation is 2. The minimum absolute atomic E-state index is 0.286. The van der Waals surface area contributed by atoms with E-state index in [2.05, 4.69) is 34.1 Å². The first-order valence-electron chi connectivity index (χ1n) is 12.7. The predicted molar refractivity (Wildman–Crippen MR) is 138 cm³/mol. The van der Waals surface area contributed by atoms with Gasteiger partial charge in [0.1, 0.15) is 30.3 Å². The van der Waals surface area contributed by atoms with E-state index in [9.17, 15) is 5.11 Å². The molecule has 2 saturated heterocycles. The first-order valence-corrected chi connectivity index (χ1v) is 13.1. The van der Waals surface area contributed by atoms with E-state index in [-0.39, 0.29) is 6.61 Å². The Kier molecular flexibility index (Phi) is 8.75. The minimum Gasteiger partial charge on any atom is -0.492 e. The molecule has 2 aliphatic rings. The van der Waals surface area contributed by atoms with E-state index in [0.29, 0.717) is 6.54 Å². The molecular formula is C28H39ClN2O3. The van der Waals surface area contributed by atoms with Crippen molar-refractivity contribution in [2.45, 2.75) is 58.1 Å². The van der Waals surface area contributed by atoms with Crippen molar-refractivity contribution in [2.75, 3.05) is 45.9 Å². The van der Waals surface area contributed by atoms with E-state index in [1.54, 1.807) is 0 Å². The molecule has 1 N–H and O–H groups in total. The van der Waals surface area contributed by atoms with Crippen LogP contribution >= 0.6 is 11.6 Å². The number of benzene rings is 2. The van der Waals surface area contributed by atoms with Crippen LogP contribution in [0.25, 0.3) is 0 Å². The van der Waals surface area contributed by atoms with Crippen LogP contribution in [-0.4, -0.2) is 66.4 Å². The summed E-state index contributed by atoms with van der Waals surface area (Å²) in [5.41, 5.74) is 2.37. The van der Waals surface area contributed by atoms with Crippen LogP contribution in [0.15, 0.2) is 36.4 Å². The second-order valence-corrected chi connectivity index (χ2v) is 10.5. The monoisotopic (exact) mass is 486 g/mol. The second kappa shape index (κ2) is 11.8. The molecule has 0 aliphatic carbocycles. The van der Waals surface area contributed by atoms with Crippen LogP contribution in [0.1, 0.15) is 48.8 Å². The van der Waals surface area contributed by atoms with Gasteiger partial charge in [0, 0.05) is 24.7 Å².